The molecule has 0 aliphatic heterocycles. The Morgan fingerprint density at radius 2 is 2.18 bits per heavy atom. The van der Waals surface area contributed by atoms with Gasteiger partial charge in [0.1, 0.15) is 5.82 Å². The summed E-state index contributed by atoms with van der Waals surface area (Å²) in [4.78, 5) is 0.0444. The zero-order chi connectivity index (χ0) is 12.4. The summed E-state index contributed by atoms with van der Waals surface area (Å²) < 4.78 is 19.1. The lowest BCUT2D eigenvalue weighted by Crippen LogP contribution is -1.86. The summed E-state index contributed by atoms with van der Waals surface area (Å²) in [6.07, 6.45) is 0.853. The minimum absolute atomic E-state index is 0.0444. The Hall–Kier alpha value is -0.750. The molecule has 1 aromatic heterocycles. The smallest absolute Gasteiger partial charge is 0.248 e. The van der Waals surface area contributed by atoms with Crippen LogP contribution in [0.4, 0.5) is 4.39 Å². The van der Waals surface area contributed by atoms with Crippen LogP contribution in [-0.4, -0.2) is 10.2 Å². The van der Waals surface area contributed by atoms with Gasteiger partial charge in [0.05, 0.1) is 10.4 Å². The third-order valence-corrected chi connectivity index (χ3v) is 3.92. The Balaban J connectivity index is 2.37. The minimum atomic E-state index is -0.313. The van der Waals surface area contributed by atoms with E-state index in [0.29, 0.717) is 21.8 Å². The first-order valence-corrected chi connectivity index (χ1v) is 6.75. The monoisotopic (exact) mass is 362 g/mol. The van der Waals surface area contributed by atoms with Crippen LogP contribution in [0.25, 0.3) is 11.5 Å². The highest BCUT2D eigenvalue weighted by Gasteiger charge is 2.16. The van der Waals surface area contributed by atoms with E-state index in [-0.39, 0.29) is 10.6 Å². The maximum atomic E-state index is 12.9. The summed E-state index contributed by atoms with van der Waals surface area (Å²) in [6, 6.07) is 4.33. The molecule has 17 heavy (non-hydrogen) atoms. The van der Waals surface area contributed by atoms with E-state index in [1.54, 1.807) is 6.07 Å². The van der Waals surface area contributed by atoms with E-state index >= 15 is 0 Å². The lowest BCUT2D eigenvalue weighted by Gasteiger charge is -2.00. The molecule has 0 saturated carbocycles. The van der Waals surface area contributed by atoms with Gasteiger partial charge >= 0.3 is 0 Å². The lowest BCUT2D eigenvalue weighted by molar-refractivity contribution is 0.500. The third-order valence-electron chi connectivity index (χ3n) is 2.23. The van der Waals surface area contributed by atoms with Crippen LogP contribution in [0.2, 0.25) is 0 Å². The summed E-state index contributed by atoms with van der Waals surface area (Å²) in [5, 5.41) is 7.90. The first-order valence-electron chi connectivity index (χ1n) is 5.04. The molecule has 0 bridgehead atoms. The Morgan fingerprint density at radius 3 is 2.82 bits per heavy atom. The van der Waals surface area contributed by atoms with Gasteiger partial charge in [0.25, 0.3) is 0 Å². The number of hydrogen-bond acceptors (Lipinski definition) is 3. The summed E-state index contributed by atoms with van der Waals surface area (Å²) in [6.45, 7) is 2.01. The quantitative estimate of drug-likeness (QED) is 0.754. The van der Waals surface area contributed by atoms with Crippen LogP contribution in [0.15, 0.2) is 27.1 Å². The normalized spacial score (nSPS) is 12.7. The van der Waals surface area contributed by atoms with E-state index in [0.717, 1.165) is 6.42 Å². The maximum absolute atomic E-state index is 12.9. The van der Waals surface area contributed by atoms with Gasteiger partial charge in [0.15, 0.2) is 0 Å². The number of alkyl halides is 1. The fourth-order valence-electron chi connectivity index (χ4n) is 1.31. The molecule has 0 aliphatic rings. The molecule has 0 amide bonds. The molecular formula is C11H9Br2FN2O. The number of halogens is 3. The number of rotatable bonds is 3. The van der Waals surface area contributed by atoms with Crippen molar-refractivity contribution in [3.05, 3.63) is 34.4 Å². The number of benzene rings is 1. The van der Waals surface area contributed by atoms with E-state index in [2.05, 4.69) is 42.1 Å². The molecule has 0 saturated heterocycles. The summed E-state index contributed by atoms with van der Waals surface area (Å²) in [5.41, 5.74) is 0.681. The average Bonchev–Trinajstić information content (AvgIpc) is 2.77. The molecule has 0 spiro atoms. The number of aromatic nitrogens is 2. The van der Waals surface area contributed by atoms with Crippen molar-refractivity contribution >= 4 is 31.9 Å². The summed E-state index contributed by atoms with van der Waals surface area (Å²) in [7, 11) is 0. The second-order valence-corrected chi connectivity index (χ2v) is 5.41. The highest BCUT2D eigenvalue weighted by molar-refractivity contribution is 9.10. The van der Waals surface area contributed by atoms with Gasteiger partial charge in [0.2, 0.25) is 11.8 Å². The van der Waals surface area contributed by atoms with E-state index in [4.69, 9.17) is 4.42 Å². The highest BCUT2D eigenvalue weighted by atomic mass is 79.9. The molecule has 2 aromatic rings. The molecule has 3 nitrogen and oxygen atoms in total. The van der Waals surface area contributed by atoms with Crippen molar-refractivity contribution in [2.75, 3.05) is 0 Å². The van der Waals surface area contributed by atoms with Crippen LogP contribution in [-0.2, 0) is 0 Å². The average molecular weight is 364 g/mol. The predicted octanol–water partition coefficient (Wildman–Crippen LogP) is 4.48. The molecule has 0 aliphatic carbocycles. The Morgan fingerprint density at radius 1 is 1.41 bits per heavy atom. The highest BCUT2D eigenvalue weighted by Crippen LogP contribution is 2.31. The van der Waals surface area contributed by atoms with Gasteiger partial charge in [-0.15, -0.1) is 10.2 Å². The topological polar surface area (TPSA) is 38.9 Å². The molecule has 0 radical (unpaired) electrons. The maximum Gasteiger partial charge on any atom is 0.248 e. The first kappa shape index (κ1) is 12.7. The van der Waals surface area contributed by atoms with Crippen LogP contribution in [0.5, 0.6) is 0 Å². The van der Waals surface area contributed by atoms with E-state index in [1.807, 2.05) is 6.92 Å². The Labute approximate surface area is 115 Å². The van der Waals surface area contributed by atoms with Crippen molar-refractivity contribution in [1.82, 2.24) is 10.2 Å². The van der Waals surface area contributed by atoms with Gasteiger partial charge in [-0.25, -0.2) is 4.39 Å². The minimum Gasteiger partial charge on any atom is -0.419 e. The molecule has 1 heterocycles. The van der Waals surface area contributed by atoms with E-state index < -0.39 is 0 Å². The number of hydrogen-bond donors (Lipinski definition) is 0. The molecule has 0 fully saturated rings. The second kappa shape index (κ2) is 5.27. The van der Waals surface area contributed by atoms with Crippen LogP contribution in [0, 0.1) is 5.82 Å². The Kier molecular flexibility index (Phi) is 3.93. The molecular weight excluding hydrogens is 355 g/mol. The van der Waals surface area contributed by atoms with E-state index in [1.165, 1.54) is 12.1 Å². The van der Waals surface area contributed by atoms with Crippen LogP contribution in [0.3, 0.4) is 0 Å². The van der Waals surface area contributed by atoms with Crippen LogP contribution < -0.4 is 0 Å². The zero-order valence-electron chi connectivity index (χ0n) is 8.95. The van der Waals surface area contributed by atoms with E-state index in [9.17, 15) is 4.39 Å². The van der Waals surface area contributed by atoms with Crippen molar-refractivity contribution in [3.8, 4) is 11.5 Å². The van der Waals surface area contributed by atoms with Gasteiger partial charge in [-0.05, 0) is 40.5 Å². The largest absolute Gasteiger partial charge is 0.419 e. The fourth-order valence-corrected chi connectivity index (χ4v) is 2.01. The molecule has 90 valence electrons. The molecule has 2 rings (SSSR count). The SMILES string of the molecule is CCC(Br)c1nnc(-c2ccc(F)cc2Br)o1. The van der Waals surface area contributed by atoms with Crippen molar-refractivity contribution in [2.45, 2.75) is 18.2 Å². The van der Waals surface area contributed by atoms with Gasteiger partial charge in [-0.2, -0.15) is 0 Å². The lowest BCUT2D eigenvalue weighted by atomic mass is 10.2. The zero-order valence-corrected chi connectivity index (χ0v) is 12.1. The number of nitrogens with zero attached hydrogens (tertiary/aromatic N) is 2. The predicted molar refractivity (Wildman–Crippen MR) is 69.4 cm³/mol. The molecule has 1 aromatic carbocycles. The summed E-state index contributed by atoms with van der Waals surface area (Å²) >= 11 is 6.70. The van der Waals surface area contributed by atoms with Crippen molar-refractivity contribution in [3.63, 3.8) is 0 Å². The molecule has 1 atom stereocenters. The van der Waals surface area contributed by atoms with Crippen LogP contribution >= 0.6 is 31.9 Å². The van der Waals surface area contributed by atoms with Gasteiger partial charge in [-0.3, -0.25) is 0 Å². The van der Waals surface area contributed by atoms with Crippen molar-refractivity contribution in [2.24, 2.45) is 0 Å². The fraction of sp³-hybridized carbons (Fsp3) is 0.273. The third kappa shape index (κ3) is 2.74. The first-order chi connectivity index (χ1) is 8.11. The molecule has 0 N–H and O–H groups in total. The Bertz CT molecular complexity index is 530. The van der Waals surface area contributed by atoms with Crippen LogP contribution in [0.1, 0.15) is 24.1 Å². The second-order valence-electron chi connectivity index (χ2n) is 3.45. The van der Waals surface area contributed by atoms with Gasteiger partial charge in [-0.1, -0.05) is 22.9 Å². The molecule has 6 heteroatoms. The van der Waals surface area contributed by atoms with Crippen molar-refractivity contribution < 1.29 is 8.81 Å². The molecule has 1 unspecified atom stereocenters. The van der Waals surface area contributed by atoms with Crippen molar-refractivity contribution in [1.29, 1.82) is 0 Å². The standard InChI is InChI=1S/C11H9Br2FN2O/c1-2-8(12)11-16-15-10(17-11)7-4-3-6(14)5-9(7)13/h3-5,8H,2H2,1H3. The van der Waals surface area contributed by atoms with Gasteiger partial charge in [0, 0.05) is 4.47 Å². The summed E-state index contributed by atoms with van der Waals surface area (Å²) in [5.74, 6) is 0.593. The van der Waals surface area contributed by atoms with Gasteiger partial charge < -0.3 is 4.42 Å².